The van der Waals surface area contributed by atoms with Gasteiger partial charge in [-0.1, -0.05) is 41.4 Å². The molecular formula is C23H17BrCl2FNO3. The van der Waals surface area contributed by atoms with Crippen molar-refractivity contribution in [3.63, 3.8) is 0 Å². The van der Waals surface area contributed by atoms with E-state index < -0.39 is 0 Å². The van der Waals surface area contributed by atoms with Crippen LogP contribution in [0.25, 0.3) is 6.08 Å². The fraction of sp³-hybridized carbons (Fsp3) is 0.0870. The van der Waals surface area contributed by atoms with Gasteiger partial charge in [0.05, 0.1) is 11.6 Å². The lowest BCUT2D eigenvalue weighted by molar-refractivity contribution is -0.111. The molecule has 0 atom stereocenters. The molecule has 0 bridgehead atoms. The van der Waals surface area contributed by atoms with E-state index in [2.05, 4.69) is 21.2 Å². The lowest BCUT2D eigenvalue weighted by Crippen LogP contribution is -2.07. The van der Waals surface area contributed by atoms with E-state index in [0.29, 0.717) is 42.8 Å². The number of hydrogen-bond donors (Lipinski definition) is 1. The third-order valence-corrected chi connectivity index (χ3v) is 5.16. The van der Waals surface area contributed by atoms with E-state index in [4.69, 9.17) is 32.7 Å². The molecule has 0 saturated carbocycles. The summed E-state index contributed by atoms with van der Waals surface area (Å²) >= 11 is 15.3. The Morgan fingerprint density at radius 3 is 2.52 bits per heavy atom. The Balaban J connectivity index is 1.72. The van der Waals surface area contributed by atoms with Crippen LogP contribution in [0.5, 0.6) is 11.5 Å². The smallest absolute Gasteiger partial charge is 0.248 e. The summed E-state index contributed by atoms with van der Waals surface area (Å²) in [4.78, 5) is 12.2. The van der Waals surface area contributed by atoms with Crippen LogP contribution in [-0.2, 0) is 11.4 Å². The Hall–Kier alpha value is -2.54. The maximum Gasteiger partial charge on any atom is 0.248 e. The first-order valence-corrected chi connectivity index (χ1v) is 10.6. The minimum atomic E-state index is -0.353. The zero-order chi connectivity index (χ0) is 22.4. The van der Waals surface area contributed by atoms with Crippen molar-refractivity contribution >= 4 is 56.8 Å². The molecule has 3 aromatic carbocycles. The van der Waals surface area contributed by atoms with Crippen molar-refractivity contribution in [1.82, 2.24) is 0 Å². The third kappa shape index (κ3) is 6.47. The highest BCUT2D eigenvalue weighted by atomic mass is 79.9. The summed E-state index contributed by atoms with van der Waals surface area (Å²) in [6.07, 6.45) is 2.99. The largest absolute Gasteiger partial charge is 0.493 e. The Morgan fingerprint density at radius 1 is 1.13 bits per heavy atom. The van der Waals surface area contributed by atoms with Gasteiger partial charge in [0, 0.05) is 27.4 Å². The van der Waals surface area contributed by atoms with Crippen molar-refractivity contribution in [2.24, 2.45) is 0 Å². The molecule has 0 unspecified atom stereocenters. The number of benzene rings is 3. The molecule has 8 heteroatoms. The number of rotatable bonds is 7. The van der Waals surface area contributed by atoms with E-state index in [1.54, 1.807) is 54.6 Å². The summed E-state index contributed by atoms with van der Waals surface area (Å²) in [6, 6.07) is 14.6. The monoisotopic (exact) mass is 523 g/mol. The van der Waals surface area contributed by atoms with Gasteiger partial charge in [0.1, 0.15) is 12.4 Å². The van der Waals surface area contributed by atoms with Crippen LogP contribution >= 0.6 is 39.1 Å². The van der Waals surface area contributed by atoms with Crippen molar-refractivity contribution in [2.75, 3.05) is 12.4 Å². The number of hydrogen-bond acceptors (Lipinski definition) is 3. The number of carbonyl (C=O) groups is 1. The van der Waals surface area contributed by atoms with Gasteiger partial charge in [0.25, 0.3) is 0 Å². The van der Waals surface area contributed by atoms with Crippen molar-refractivity contribution in [3.05, 3.63) is 92.1 Å². The number of nitrogens with one attached hydrogen (secondary N) is 1. The number of methoxy groups -OCH3 is 1. The third-order valence-electron chi connectivity index (χ3n) is 4.14. The maximum absolute atomic E-state index is 13.8. The van der Waals surface area contributed by atoms with Gasteiger partial charge < -0.3 is 14.8 Å². The summed E-state index contributed by atoms with van der Waals surface area (Å²) in [5, 5.41) is 3.54. The molecule has 0 aromatic heterocycles. The molecule has 4 nitrogen and oxygen atoms in total. The Morgan fingerprint density at radius 2 is 1.84 bits per heavy atom. The molecule has 0 saturated heterocycles. The SMILES string of the molecule is COc1cc(/C=C/C(=O)Nc2cc(Cl)cc(Cl)c2)cc(Br)c1OCc1ccccc1F. The quantitative estimate of drug-likeness (QED) is 0.334. The van der Waals surface area contributed by atoms with Crippen LogP contribution in [0.2, 0.25) is 10.0 Å². The zero-order valence-corrected chi connectivity index (χ0v) is 19.4. The van der Waals surface area contributed by atoms with Gasteiger partial charge in [-0.2, -0.15) is 0 Å². The van der Waals surface area contributed by atoms with E-state index in [1.165, 1.54) is 19.3 Å². The molecule has 31 heavy (non-hydrogen) atoms. The average molecular weight is 525 g/mol. The molecule has 3 rings (SSSR count). The van der Waals surface area contributed by atoms with Crippen molar-refractivity contribution in [1.29, 1.82) is 0 Å². The van der Waals surface area contributed by atoms with Gasteiger partial charge in [-0.25, -0.2) is 4.39 Å². The molecule has 0 radical (unpaired) electrons. The molecule has 0 aliphatic carbocycles. The van der Waals surface area contributed by atoms with Crippen LogP contribution in [0.4, 0.5) is 10.1 Å². The fourth-order valence-electron chi connectivity index (χ4n) is 2.72. The molecule has 0 spiro atoms. The predicted molar refractivity (Wildman–Crippen MR) is 126 cm³/mol. The van der Waals surface area contributed by atoms with Crippen LogP contribution in [0.3, 0.4) is 0 Å². The standard InChI is InChI=1S/C23H17BrCl2FNO3/c1-30-21-9-14(6-7-22(29)28-18-11-16(25)10-17(26)12-18)8-19(24)23(21)31-13-15-4-2-3-5-20(15)27/h2-12H,13H2,1H3,(H,28,29)/b7-6+. The first-order valence-electron chi connectivity index (χ1n) is 9.04. The summed E-state index contributed by atoms with van der Waals surface area (Å²) in [6.45, 7) is 0.0431. The van der Waals surface area contributed by atoms with Crippen molar-refractivity contribution < 1.29 is 18.7 Å². The molecular weight excluding hydrogens is 508 g/mol. The first-order chi connectivity index (χ1) is 14.9. The second-order valence-corrected chi connectivity index (χ2v) is 8.12. The lowest BCUT2D eigenvalue weighted by atomic mass is 10.1. The highest BCUT2D eigenvalue weighted by molar-refractivity contribution is 9.10. The number of amides is 1. The molecule has 0 aliphatic heterocycles. The lowest BCUT2D eigenvalue weighted by Gasteiger charge is -2.14. The summed E-state index contributed by atoms with van der Waals surface area (Å²) in [5.41, 5.74) is 1.61. The van der Waals surface area contributed by atoms with E-state index >= 15 is 0 Å². The van der Waals surface area contributed by atoms with E-state index in [9.17, 15) is 9.18 Å². The van der Waals surface area contributed by atoms with Crippen LogP contribution in [0.1, 0.15) is 11.1 Å². The second kappa shape index (κ2) is 10.7. The van der Waals surface area contributed by atoms with Crippen LogP contribution in [0, 0.1) is 5.82 Å². The Bertz CT molecular complexity index is 1120. The number of halogens is 4. The highest BCUT2D eigenvalue weighted by Gasteiger charge is 2.12. The van der Waals surface area contributed by atoms with E-state index in [-0.39, 0.29) is 18.3 Å². The summed E-state index contributed by atoms with van der Waals surface area (Å²) in [5.74, 6) is 0.172. The van der Waals surface area contributed by atoms with Gasteiger partial charge >= 0.3 is 0 Å². The number of ether oxygens (including phenoxy) is 2. The normalized spacial score (nSPS) is 10.9. The van der Waals surface area contributed by atoms with E-state index in [1.807, 2.05) is 0 Å². The predicted octanol–water partition coefficient (Wildman–Crippen LogP) is 7.13. The summed E-state index contributed by atoms with van der Waals surface area (Å²) in [7, 11) is 1.50. The Kier molecular flexibility index (Phi) is 7.96. The van der Waals surface area contributed by atoms with Gasteiger partial charge in [0.15, 0.2) is 11.5 Å². The molecule has 3 aromatic rings. The van der Waals surface area contributed by atoms with Crippen molar-refractivity contribution in [2.45, 2.75) is 6.61 Å². The fourth-order valence-corrected chi connectivity index (χ4v) is 3.82. The second-order valence-electron chi connectivity index (χ2n) is 6.39. The highest BCUT2D eigenvalue weighted by Crippen LogP contribution is 2.37. The summed E-state index contributed by atoms with van der Waals surface area (Å²) < 4.78 is 25.6. The average Bonchev–Trinajstić information content (AvgIpc) is 2.71. The first kappa shape index (κ1) is 23.1. The van der Waals surface area contributed by atoms with Gasteiger partial charge in [0.2, 0.25) is 5.91 Å². The van der Waals surface area contributed by atoms with Crippen molar-refractivity contribution in [3.8, 4) is 11.5 Å². The zero-order valence-electron chi connectivity index (χ0n) is 16.3. The van der Waals surface area contributed by atoms with Crippen LogP contribution in [-0.4, -0.2) is 13.0 Å². The van der Waals surface area contributed by atoms with Gasteiger partial charge in [-0.15, -0.1) is 0 Å². The maximum atomic E-state index is 13.8. The molecule has 1 amide bonds. The Labute approximate surface area is 197 Å². The molecule has 0 fully saturated rings. The minimum absolute atomic E-state index is 0.0431. The molecule has 1 N–H and O–H groups in total. The van der Waals surface area contributed by atoms with Gasteiger partial charge in [-0.05, 0) is 64.0 Å². The topological polar surface area (TPSA) is 47.6 Å². The van der Waals surface area contributed by atoms with Crippen LogP contribution in [0.15, 0.2) is 65.1 Å². The molecule has 0 heterocycles. The minimum Gasteiger partial charge on any atom is -0.493 e. The molecule has 160 valence electrons. The number of anilines is 1. The van der Waals surface area contributed by atoms with Crippen LogP contribution < -0.4 is 14.8 Å². The number of carbonyl (C=O) groups excluding carboxylic acids is 1. The van der Waals surface area contributed by atoms with Gasteiger partial charge in [-0.3, -0.25) is 4.79 Å². The van der Waals surface area contributed by atoms with E-state index in [0.717, 1.165) is 0 Å². The molecule has 0 aliphatic rings.